The Balaban J connectivity index is 2.35. The van der Waals surface area contributed by atoms with E-state index >= 15 is 0 Å². The normalized spacial score (nSPS) is 11.5. The molecule has 2 aromatic rings. The molecule has 0 amide bonds. The van der Waals surface area contributed by atoms with Crippen molar-refractivity contribution in [2.75, 3.05) is 0 Å². The van der Waals surface area contributed by atoms with Gasteiger partial charge in [0.05, 0.1) is 5.75 Å². The Kier molecular flexibility index (Phi) is 3.67. The molecule has 5 nitrogen and oxygen atoms in total. The molecule has 0 aliphatic rings. The molecule has 0 saturated carbocycles. The van der Waals surface area contributed by atoms with Gasteiger partial charge in [-0.15, -0.1) is 0 Å². The molecule has 106 valence electrons. The summed E-state index contributed by atoms with van der Waals surface area (Å²) in [5.41, 5.74) is 2.51. The van der Waals surface area contributed by atoms with E-state index in [9.17, 15) is 13.2 Å². The average Bonchev–Trinajstić information content (AvgIpc) is 2.84. The van der Waals surface area contributed by atoms with Crippen molar-refractivity contribution in [3.8, 4) is 0 Å². The number of sulfone groups is 1. The van der Waals surface area contributed by atoms with Gasteiger partial charge >= 0.3 is 5.97 Å². The number of carboxylic acid groups (broad SMARTS) is 1. The van der Waals surface area contributed by atoms with E-state index in [1.807, 2.05) is 26.0 Å². The van der Waals surface area contributed by atoms with Gasteiger partial charge in [-0.05, 0) is 37.1 Å². The molecule has 2 rings (SSSR count). The molecular weight excluding hydrogens is 280 g/mol. The van der Waals surface area contributed by atoms with Crippen LogP contribution in [0.4, 0.5) is 0 Å². The van der Waals surface area contributed by atoms with Gasteiger partial charge in [0.25, 0.3) is 0 Å². The summed E-state index contributed by atoms with van der Waals surface area (Å²) < 4.78 is 29.3. The van der Waals surface area contributed by atoms with Crippen molar-refractivity contribution in [3.05, 3.63) is 52.8 Å². The van der Waals surface area contributed by atoms with Crippen LogP contribution in [0, 0.1) is 13.8 Å². The van der Waals surface area contributed by atoms with Crippen LogP contribution in [-0.4, -0.2) is 19.5 Å². The highest BCUT2D eigenvalue weighted by molar-refractivity contribution is 7.90. The van der Waals surface area contributed by atoms with Crippen LogP contribution in [0.5, 0.6) is 0 Å². The van der Waals surface area contributed by atoms with Crippen LogP contribution >= 0.6 is 0 Å². The zero-order valence-electron chi connectivity index (χ0n) is 11.1. The maximum atomic E-state index is 12.2. The maximum Gasteiger partial charge on any atom is 0.371 e. The lowest BCUT2D eigenvalue weighted by Gasteiger charge is -2.06. The van der Waals surface area contributed by atoms with Crippen molar-refractivity contribution >= 4 is 15.8 Å². The quantitative estimate of drug-likeness (QED) is 0.936. The monoisotopic (exact) mass is 294 g/mol. The second-order valence-corrected chi connectivity index (χ2v) is 6.53. The highest BCUT2D eigenvalue weighted by Gasteiger charge is 2.22. The van der Waals surface area contributed by atoms with E-state index in [1.165, 1.54) is 6.07 Å². The number of rotatable bonds is 4. The fraction of sp³-hybridized carbons (Fsp3) is 0.214. The van der Waals surface area contributed by atoms with E-state index in [0.717, 1.165) is 17.2 Å². The van der Waals surface area contributed by atoms with E-state index < -0.39 is 15.8 Å². The minimum Gasteiger partial charge on any atom is -0.475 e. The minimum absolute atomic E-state index is 0.215. The Morgan fingerprint density at radius 2 is 1.90 bits per heavy atom. The molecular formula is C14H14O5S. The van der Waals surface area contributed by atoms with Crippen LogP contribution in [0.2, 0.25) is 0 Å². The summed E-state index contributed by atoms with van der Waals surface area (Å²) in [4.78, 5) is 10.7. The van der Waals surface area contributed by atoms with Crippen molar-refractivity contribution in [1.29, 1.82) is 0 Å². The first kappa shape index (κ1) is 14.3. The summed E-state index contributed by atoms with van der Waals surface area (Å²) in [5, 5.41) is 8.42. The number of carbonyl (C=O) groups is 1. The first-order chi connectivity index (χ1) is 9.29. The third kappa shape index (κ3) is 2.91. The third-order valence-corrected chi connectivity index (χ3v) is 4.47. The van der Waals surface area contributed by atoms with Crippen molar-refractivity contribution in [2.24, 2.45) is 0 Å². The second-order valence-electron chi connectivity index (χ2n) is 4.61. The molecule has 0 bridgehead atoms. The van der Waals surface area contributed by atoms with Crippen LogP contribution in [0.25, 0.3) is 0 Å². The molecule has 1 N–H and O–H groups in total. The van der Waals surface area contributed by atoms with Gasteiger partial charge in [-0.25, -0.2) is 13.2 Å². The van der Waals surface area contributed by atoms with Crippen LogP contribution in [-0.2, 0) is 15.6 Å². The first-order valence-electron chi connectivity index (χ1n) is 5.91. The van der Waals surface area contributed by atoms with Gasteiger partial charge in [-0.3, -0.25) is 0 Å². The Morgan fingerprint density at radius 1 is 1.20 bits per heavy atom. The van der Waals surface area contributed by atoms with Gasteiger partial charge < -0.3 is 9.52 Å². The van der Waals surface area contributed by atoms with Crippen LogP contribution < -0.4 is 0 Å². The van der Waals surface area contributed by atoms with Crippen molar-refractivity contribution < 1.29 is 22.7 Å². The third-order valence-electron chi connectivity index (χ3n) is 2.95. The highest BCUT2D eigenvalue weighted by atomic mass is 32.2. The summed E-state index contributed by atoms with van der Waals surface area (Å²) >= 11 is 0. The summed E-state index contributed by atoms with van der Waals surface area (Å²) in [5.74, 6) is -1.89. The zero-order valence-corrected chi connectivity index (χ0v) is 11.9. The molecule has 0 spiro atoms. The number of hydrogen-bond donors (Lipinski definition) is 1. The predicted molar refractivity (Wildman–Crippen MR) is 72.5 cm³/mol. The smallest absolute Gasteiger partial charge is 0.371 e. The predicted octanol–water partition coefficient (Wildman–Crippen LogP) is 2.57. The summed E-state index contributed by atoms with van der Waals surface area (Å²) in [6, 6.07) is 7.86. The molecule has 20 heavy (non-hydrogen) atoms. The number of carboxylic acids is 1. The molecule has 0 saturated heterocycles. The SMILES string of the molecule is Cc1ccc(C)c(CS(=O)(=O)c2ccc(C(=O)O)o2)c1. The lowest BCUT2D eigenvalue weighted by molar-refractivity contribution is 0.0656. The molecule has 6 heteroatoms. The molecule has 0 aliphatic heterocycles. The topological polar surface area (TPSA) is 84.6 Å². The number of furan rings is 1. The van der Waals surface area contributed by atoms with Gasteiger partial charge in [-0.2, -0.15) is 0 Å². The fourth-order valence-corrected chi connectivity index (χ4v) is 3.19. The molecule has 0 radical (unpaired) electrons. The Bertz CT molecular complexity index is 756. The molecule has 1 heterocycles. The molecule has 0 fully saturated rings. The van der Waals surface area contributed by atoms with Crippen LogP contribution in [0.1, 0.15) is 27.2 Å². The second kappa shape index (κ2) is 5.13. The van der Waals surface area contributed by atoms with Gasteiger partial charge in [-0.1, -0.05) is 23.8 Å². The van der Waals surface area contributed by atoms with E-state index in [1.54, 1.807) is 6.07 Å². The molecule has 0 aliphatic carbocycles. The minimum atomic E-state index is -3.70. The van der Waals surface area contributed by atoms with E-state index in [0.29, 0.717) is 5.56 Å². The molecule has 1 aromatic carbocycles. The average molecular weight is 294 g/mol. The Morgan fingerprint density at radius 3 is 2.50 bits per heavy atom. The fourth-order valence-electron chi connectivity index (χ4n) is 1.83. The Hall–Kier alpha value is -2.08. The lowest BCUT2D eigenvalue weighted by atomic mass is 10.1. The van der Waals surface area contributed by atoms with Crippen molar-refractivity contribution in [3.63, 3.8) is 0 Å². The molecule has 0 unspecified atom stereocenters. The number of hydrogen-bond acceptors (Lipinski definition) is 4. The van der Waals surface area contributed by atoms with Gasteiger partial charge in [0.2, 0.25) is 20.7 Å². The van der Waals surface area contributed by atoms with Crippen molar-refractivity contribution in [1.82, 2.24) is 0 Å². The highest BCUT2D eigenvalue weighted by Crippen LogP contribution is 2.21. The lowest BCUT2D eigenvalue weighted by Crippen LogP contribution is -2.05. The number of benzene rings is 1. The molecule has 1 aromatic heterocycles. The summed E-state index contributed by atoms with van der Waals surface area (Å²) in [6.07, 6.45) is 0. The van der Waals surface area contributed by atoms with E-state index in [4.69, 9.17) is 9.52 Å². The van der Waals surface area contributed by atoms with Crippen LogP contribution in [0.3, 0.4) is 0 Å². The summed E-state index contributed by atoms with van der Waals surface area (Å²) in [6.45, 7) is 3.71. The maximum absolute atomic E-state index is 12.2. The van der Waals surface area contributed by atoms with Gasteiger partial charge in [0, 0.05) is 0 Å². The zero-order chi connectivity index (χ0) is 14.9. The van der Waals surface area contributed by atoms with E-state index in [-0.39, 0.29) is 16.6 Å². The van der Waals surface area contributed by atoms with Gasteiger partial charge in [0.15, 0.2) is 0 Å². The number of aryl methyl sites for hydroxylation is 2. The summed E-state index contributed by atoms with van der Waals surface area (Å²) in [7, 11) is -3.70. The van der Waals surface area contributed by atoms with Crippen LogP contribution in [0.15, 0.2) is 39.8 Å². The number of aromatic carboxylic acids is 1. The van der Waals surface area contributed by atoms with Crippen molar-refractivity contribution in [2.45, 2.75) is 24.7 Å². The van der Waals surface area contributed by atoms with Gasteiger partial charge in [0.1, 0.15) is 0 Å². The van der Waals surface area contributed by atoms with E-state index in [2.05, 4.69) is 0 Å². The first-order valence-corrected chi connectivity index (χ1v) is 7.57. The standard InChI is InChI=1S/C14H14O5S/c1-9-3-4-10(2)11(7-9)8-20(17,18)13-6-5-12(19-13)14(15)16/h3-7H,8H2,1-2H3,(H,15,16). The molecule has 0 atom stereocenters. The Labute approximate surface area is 116 Å². The largest absolute Gasteiger partial charge is 0.475 e.